The van der Waals surface area contributed by atoms with E-state index >= 15 is 0 Å². The van der Waals surface area contributed by atoms with Gasteiger partial charge in [0, 0.05) is 12.1 Å². The molecule has 182 valence electrons. The molecule has 0 radical (unpaired) electrons. The Balaban J connectivity index is 1.88. The minimum absolute atomic E-state index is 0.0165. The Hall–Kier alpha value is -2.90. The average molecular weight is 483 g/mol. The fourth-order valence-corrected chi connectivity index (χ4v) is 5.07. The molecule has 0 aliphatic heterocycles. The van der Waals surface area contributed by atoms with Gasteiger partial charge < -0.3 is 9.32 Å². The van der Waals surface area contributed by atoms with E-state index in [2.05, 4.69) is 32.4 Å². The second-order valence-electron chi connectivity index (χ2n) is 9.51. The van der Waals surface area contributed by atoms with Gasteiger partial charge in [-0.05, 0) is 84.6 Å². The summed E-state index contributed by atoms with van der Waals surface area (Å²) in [6, 6.07) is 14.4. The lowest BCUT2D eigenvalue weighted by molar-refractivity contribution is -0.118. The number of nitrogens with zero attached hydrogens (tertiary/aromatic N) is 1. The van der Waals surface area contributed by atoms with E-state index in [1.165, 1.54) is 12.1 Å². The van der Waals surface area contributed by atoms with Crippen LogP contribution in [0.15, 0.2) is 64.1 Å². The zero-order valence-corrected chi connectivity index (χ0v) is 21.6. The van der Waals surface area contributed by atoms with Crippen LogP contribution in [0, 0.1) is 0 Å². The fraction of sp³-hybridized carbons (Fsp3) is 0.370. The van der Waals surface area contributed by atoms with Crippen LogP contribution in [0.1, 0.15) is 61.8 Å². The highest BCUT2D eigenvalue weighted by atomic mass is 32.2. The minimum Gasteiger partial charge on any atom is -0.464 e. The Morgan fingerprint density at radius 2 is 1.56 bits per heavy atom. The van der Waals surface area contributed by atoms with E-state index in [9.17, 15) is 13.2 Å². The molecule has 0 aliphatic carbocycles. The average Bonchev–Trinajstić information content (AvgIpc) is 3.28. The van der Waals surface area contributed by atoms with E-state index in [1.807, 2.05) is 43.3 Å². The predicted molar refractivity (Wildman–Crippen MR) is 135 cm³/mol. The van der Waals surface area contributed by atoms with Crippen molar-refractivity contribution in [2.45, 2.75) is 57.4 Å². The lowest BCUT2D eigenvalue weighted by atomic mass is 9.85. The molecule has 0 fully saturated rings. The summed E-state index contributed by atoms with van der Waals surface area (Å²) in [6.45, 7) is 8.98. The van der Waals surface area contributed by atoms with Gasteiger partial charge >= 0.3 is 0 Å². The van der Waals surface area contributed by atoms with E-state index < -0.39 is 15.9 Å². The molecule has 1 amide bonds. The van der Waals surface area contributed by atoms with Crippen molar-refractivity contribution in [2.75, 3.05) is 14.1 Å². The first-order valence-corrected chi connectivity index (χ1v) is 13.0. The van der Waals surface area contributed by atoms with Gasteiger partial charge in [0.05, 0.1) is 17.6 Å². The van der Waals surface area contributed by atoms with Crippen LogP contribution in [-0.4, -0.2) is 33.3 Å². The number of furan rings is 1. The van der Waals surface area contributed by atoms with E-state index in [4.69, 9.17) is 4.42 Å². The number of hydrogen-bond acceptors (Lipinski definition) is 5. The number of carbonyl (C=O) groups is 1. The first-order chi connectivity index (χ1) is 16.0. The van der Waals surface area contributed by atoms with Crippen molar-refractivity contribution in [2.24, 2.45) is 0 Å². The summed E-state index contributed by atoms with van der Waals surface area (Å²) in [7, 11) is -0.0682. The topological polar surface area (TPSA) is 79.6 Å². The third-order valence-electron chi connectivity index (χ3n) is 5.69. The SMILES string of the molecule is CC(C)c1cc(-c2ccco2)cc(C(C)C)c1CC(=O)NS(=O)(=O)c1ccc(CN(C)C)cc1. The molecule has 34 heavy (non-hydrogen) atoms. The van der Waals surface area contributed by atoms with Crippen LogP contribution in [0.25, 0.3) is 11.3 Å². The summed E-state index contributed by atoms with van der Waals surface area (Å²) in [5.41, 5.74) is 4.84. The number of amides is 1. The van der Waals surface area contributed by atoms with Crippen LogP contribution < -0.4 is 4.72 Å². The quantitative estimate of drug-likeness (QED) is 0.448. The molecule has 2 aromatic carbocycles. The van der Waals surface area contributed by atoms with Gasteiger partial charge in [0.25, 0.3) is 10.0 Å². The molecule has 3 aromatic rings. The normalized spacial score (nSPS) is 12.0. The van der Waals surface area contributed by atoms with Crippen LogP contribution >= 0.6 is 0 Å². The Bertz CT molecular complexity index is 1200. The maximum absolute atomic E-state index is 13.0. The van der Waals surface area contributed by atoms with Crippen molar-refractivity contribution >= 4 is 15.9 Å². The van der Waals surface area contributed by atoms with Gasteiger partial charge in [-0.25, -0.2) is 13.1 Å². The van der Waals surface area contributed by atoms with E-state index in [1.54, 1.807) is 18.4 Å². The molecule has 1 aromatic heterocycles. The van der Waals surface area contributed by atoms with Gasteiger partial charge in [-0.15, -0.1) is 0 Å². The van der Waals surface area contributed by atoms with Crippen molar-refractivity contribution in [1.82, 2.24) is 9.62 Å². The highest BCUT2D eigenvalue weighted by Gasteiger charge is 2.23. The van der Waals surface area contributed by atoms with E-state index in [-0.39, 0.29) is 23.2 Å². The van der Waals surface area contributed by atoms with E-state index in [0.717, 1.165) is 33.6 Å². The van der Waals surface area contributed by atoms with Crippen LogP contribution in [0.3, 0.4) is 0 Å². The van der Waals surface area contributed by atoms with Gasteiger partial charge in [0.2, 0.25) is 5.91 Å². The number of sulfonamides is 1. The standard InChI is InChI=1S/C27H34N2O4S/c1-18(2)23-14-21(26-8-7-13-33-26)15-24(19(3)4)25(23)16-27(30)28-34(31,32)22-11-9-20(10-12-22)17-29(5)6/h7-15,18-19H,16-17H2,1-6H3,(H,28,30). The second-order valence-corrected chi connectivity index (χ2v) is 11.2. The molecule has 0 bridgehead atoms. The van der Waals surface area contributed by atoms with Crippen molar-refractivity contribution in [3.8, 4) is 11.3 Å². The Labute approximate surface area is 203 Å². The van der Waals surface area contributed by atoms with Crippen molar-refractivity contribution in [3.63, 3.8) is 0 Å². The molecule has 0 atom stereocenters. The van der Waals surface area contributed by atoms with Crippen LogP contribution in [0.4, 0.5) is 0 Å². The van der Waals surface area contributed by atoms with Crippen LogP contribution in [0.5, 0.6) is 0 Å². The molecule has 0 aliphatic rings. The fourth-order valence-electron chi connectivity index (χ4n) is 4.08. The van der Waals surface area contributed by atoms with Gasteiger partial charge in [0.1, 0.15) is 5.76 Å². The molecule has 0 saturated heterocycles. The molecule has 6 nitrogen and oxygen atoms in total. The van der Waals surface area contributed by atoms with Crippen molar-refractivity contribution in [1.29, 1.82) is 0 Å². The second kappa shape index (κ2) is 10.6. The van der Waals surface area contributed by atoms with Crippen LogP contribution in [0.2, 0.25) is 0 Å². The lowest BCUT2D eigenvalue weighted by Gasteiger charge is -2.21. The summed E-state index contributed by atoms with van der Waals surface area (Å²) in [5, 5.41) is 0. The number of carbonyl (C=O) groups excluding carboxylic acids is 1. The maximum atomic E-state index is 13.0. The Morgan fingerprint density at radius 1 is 0.971 bits per heavy atom. The highest BCUT2D eigenvalue weighted by molar-refractivity contribution is 7.90. The van der Waals surface area contributed by atoms with E-state index in [0.29, 0.717) is 6.54 Å². The minimum atomic E-state index is -3.96. The first-order valence-electron chi connectivity index (χ1n) is 11.5. The summed E-state index contributed by atoms with van der Waals surface area (Å²) < 4.78 is 33.6. The predicted octanol–water partition coefficient (Wildman–Crippen LogP) is 5.30. The molecule has 1 heterocycles. The molecule has 0 unspecified atom stereocenters. The lowest BCUT2D eigenvalue weighted by Crippen LogP contribution is -2.32. The summed E-state index contributed by atoms with van der Waals surface area (Å²) >= 11 is 0. The molecule has 1 N–H and O–H groups in total. The number of nitrogens with one attached hydrogen (secondary N) is 1. The number of hydrogen-bond donors (Lipinski definition) is 1. The number of rotatable bonds is 9. The zero-order valence-electron chi connectivity index (χ0n) is 20.8. The highest BCUT2D eigenvalue weighted by Crippen LogP contribution is 2.34. The summed E-state index contributed by atoms with van der Waals surface area (Å²) in [6.07, 6.45) is 1.62. The largest absolute Gasteiger partial charge is 0.464 e. The van der Waals surface area contributed by atoms with Gasteiger partial charge in [0.15, 0.2) is 0 Å². The van der Waals surface area contributed by atoms with Crippen molar-refractivity contribution in [3.05, 3.63) is 77.0 Å². The molecule has 0 spiro atoms. The van der Waals surface area contributed by atoms with Gasteiger partial charge in [-0.2, -0.15) is 0 Å². The molecule has 3 rings (SSSR count). The summed E-state index contributed by atoms with van der Waals surface area (Å²) in [5.74, 6) is 0.513. The zero-order chi connectivity index (χ0) is 25.0. The van der Waals surface area contributed by atoms with Gasteiger partial charge in [-0.1, -0.05) is 39.8 Å². The van der Waals surface area contributed by atoms with Gasteiger partial charge in [-0.3, -0.25) is 4.79 Å². The van der Waals surface area contributed by atoms with Crippen molar-refractivity contribution < 1.29 is 17.6 Å². The summed E-state index contributed by atoms with van der Waals surface area (Å²) in [4.78, 5) is 15.0. The molecular formula is C27H34N2O4S. The number of benzene rings is 2. The third kappa shape index (κ3) is 6.15. The maximum Gasteiger partial charge on any atom is 0.264 e. The Morgan fingerprint density at radius 3 is 2.03 bits per heavy atom. The molecule has 7 heteroatoms. The molecule has 0 saturated carbocycles. The van der Waals surface area contributed by atoms with Crippen LogP contribution in [-0.2, 0) is 27.8 Å². The third-order valence-corrected chi connectivity index (χ3v) is 7.08. The smallest absolute Gasteiger partial charge is 0.264 e. The first kappa shape index (κ1) is 25.7. The molecular weight excluding hydrogens is 448 g/mol. The monoisotopic (exact) mass is 482 g/mol. The Kier molecular flexibility index (Phi) is 8.00.